The van der Waals surface area contributed by atoms with Crippen LogP contribution in [0.25, 0.3) is 0 Å². The Kier molecular flexibility index (Phi) is 7.86. The minimum Gasteiger partial charge on any atom is -0.378 e. The van der Waals surface area contributed by atoms with Crippen molar-refractivity contribution in [3.8, 4) is 0 Å². The molecule has 36 heavy (non-hydrogen) atoms. The standard InChI is InChI=1S/C27H37FN6OS/c1-20-5-4-12-34(18-20)24-17-23(33-13-15-35-16-14-33)30-25(31-24)32-26(36)29-19-27(10-2-3-11-27)21-6-8-22(28)9-7-21/h6-9,17,20H,2-5,10-16,18-19H2,1H3,(H2,29,30,31,32,36). The summed E-state index contributed by atoms with van der Waals surface area (Å²) in [6, 6.07) is 9.05. The second-order valence-electron chi connectivity index (χ2n) is 10.5. The lowest BCUT2D eigenvalue weighted by Gasteiger charge is -2.33. The predicted octanol–water partition coefficient (Wildman–Crippen LogP) is 4.49. The third-order valence-electron chi connectivity index (χ3n) is 7.85. The number of nitrogens with one attached hydrogen (secondary N) is 2. The van der Waals surface area contributed by atoms with E-state index in [2.05, 4.69) is 33.4 Å². The highest BCUT2D eigenvalue weighted by atomic mass is 32.1. The first kappa shape index (κ1) is 25.1. The van der Waals surface area contributed by atoms with Crippen molar-refractivity contribution in [2.45, 2.75) is 50.9 Å². The molecule has 3 aliphatic rings. The van der Waals surface area contributed by atoms with Crippen molar-refractivity contribution < 1.29 is 9.13 Å². The lowest BCUT2D eigenvalue weighted by atomic mass is 9.79. The lowest BCUT2D eigenvalue weighted by Crippen LogP contribution is -2.41. The first-order valence-corrected chi connectivity index (χ1v) is 13.7. The summed E-state index contributed by atoms with van der Waals surface area (Å²) in [6.45, 7) is 8.04. The highest BCUT2D eigenvalue weighted by Gasteiger charge is 2.35. The van der Waals surface area contributed by atoms with Gasteiger partial charge in [0, 0.05) is 44.2 Å². The molecule has 0 bridgehead atoms. The van der Waals surface area contributed by atoms with Gasteiger partial charge in [-0.15, -0.1) is 0 Å². The van der Waals surface area contributed by atoms with E-state index in [0.29, 0.717) is 36.7 Å². The number of nitrogens with zero attached hydrogens (tertiary/aromatic N) is 4. The SMILES string of the molecule is CC1CCCN(c2cc(N3CCOCC3)nc(NC(=S)NCC3(c4ccc(F)cc4)CCCC3)n2)C1. The third kappa shape index (κ3) is 5.89. The van der Waals surface area contributed by atoms with Crippen LogP contribution in [0.15, 0.2) is 30.3 Å². The fraction of sp³-hybridized carbons (Fsp3) is 0.593. The normalized spacial score (nSPS) is 21.9. The van der Waals surface area contributed by atoms with E-state index >= 15 is 0 Å². The van der Waals surface area contributed by atoms with Gasteiger partial charge in [-0.25, -0.2) is 4.39 Å². The third-order valence-corrected chi connectivity index (χ3v) is 8.09. The van der Waals surface area contributed by atoms with E-state index in [1.807, 2.05) is 12.1 Å². The molecule has 2 N–H and O–H groups in total. The van der Waals surface area contributed by atoms with Crippen molar-refractivity contribution in [3.63, 3.8) is 0 Å². The van der Waals surface area contributed by atoms with Crippen molar-refractivity contribution in [1.29, 1.82) is 0 Å². The highest BCUT2D eigenvalue weighted by molar-refractivity contribution is 7.80. The van der Waals surface area contributed by atoms with Gasteiger partial charge in [-0.2, -0.15) is 9.97 Å². The number of aromatic nitrogens is 2. The second-order valence-corrected chi connectivity index (χ2v) is 10.9. The minimum absolute atomic E-state index is 0.0367. The summed E-state index contributed by atoms with van der Waals surface area (Å²) >= 11 is 5.70. The molecule has 7 nitrogen and oxygen atoms in total. The van der Waals surface area contributed by atoms with E-state index in [4.69, 9.17) is 26.9 Å². The van der Waals surface area contributed by atoms with E-state index in [1.165, 1.54) is 31.2 Å². The summed E-state index contributed by atoms with van der Waals surface area (Å²) in [5, 5.41) is 7.21. The molecule has 5 rings (SSSR count). The Morgan fingerprint density at radius 1 is 1.06 bits per heavy atom. The number of rotatable bonds is 6. The molecule has 1 aromatic carbocycles. The minimum atomic E-state index is -0.201. The van der Waals surface area contributed by atoms with Crippen LogP contribution in [0.1, 0.15) is 51.0 Å². The van der Waals surface area contributed by atoms with E-state index in [1.54, 1.807) is 12.1 Å². The maximum Gasteiger partial charge on any atom is 0.232 e. The number of ether oxygens (including phenoxy) is 1. The van der Waals surface area contributed by atoms with Gasteiger partial charge in [0.1, 0.15) is 17.5 Å². The number of morpholine rings is 1. The fourth-order valence-electron chi connectivity index (χ4n) is 5.81. The molecule has 1 aromatic heterocycles. The van der Waals surface area contributed by atoms with Crippen LogP contribution in [0.4, 0.5) is 22.0 Å². The molecule has 3 heterocycles. The highest BCUT2D eigenvalue weighted by Crippen LogP contribution is 2.40. The zero-order chi connectivity index (χ0) is 25.0. The Labute approximate surface area is 218 Å². The van der Waals surface area contributed by atoms with E-state index in [-0.39, 0.29) is 11.2 Å². The van der Waals surface area contributed by atoms with Gasteiger partial charge in [-0.3, -0.25) is 0 Å². The summed E-state index contributed by atoms with van der Waals surface area (Å²) in [4.78, 5) is 14.3. The quantitative estimate of drug-likeness (QED) is 0.549. The lowest BCUT2D eigenvalue weighted by molar-refractivity contribution is 0.122. The van der Waals surface area contributed by atoms with Crippen LogP contribution < -0.4 is 20.4 Å². The monoisotopic (exact) mass is 512 g/mol. The molecule has 3 fully saturated rings. The molecule has 2 aromatic rings. The molecular formula is C27H37FN6OS. The summed E-state index contributed by atoms with van der Waals surface area (Å²) < 4.78 is 19.1. The molecule has 0 spiro atoms. The molecule has 1 aliphatic carbocycles. The van der Waals surface area contributed by atoms with Gasteiger partial charge in [0.05, 0.1) is 13.2 Å². The van der Waals surface area contributed by atoms with Gasteiger partial charge < -0.3 is 25.2 Å². The number of anilines is 3. The van der Waals surface area contributed by atoms with Crippen LogP contribution in [0.3, 0.4) is 0 Å². The zero-order valence-electron chi connectivity index (χ0n) is 21.1. The first-order valence-electron chi connectivity index (χ1n) is 13.3. The van der Waals surface area contributed by atoms with Crippen LogP contribution >= 0.6 is 12.2 Å². The fourth-order valence-corrected chi connectivity index (χ4v) is 5.97. The molecule has 0 radical (unpaired) electrons. The Morgan fingerprint density at radius 2 is 1.75 bits per heavy atom. The second kappa shape index (κ2) is 11.3. The Bertz CT molecular complexity index is 1040. The van der Waals surface area contributed by atoms with Crippen molar-refractivity contribution in [2.24, 2.45) is 5.92 Å². The molecule has 0 amide bonds. The molecule has 2 saturated heterocycles. The summed E-state index contributed by atoms with van der Waals surface area (Å²) in [5.41, 5.74) is 1.13. The van der Waals surface area contributed by atoms with Gasteiger partial charge in [-0.05, 0) is 61.5 Å². The Morgan fingerprint density at radius 3 is 2.44 bits per heavy atom. The van der Waals surface area contributed by atoms with E-state index in [9.17, 15) is 4.39 Å². The van der Waals surface area contributed by atoms with Crippen molar-refractivity contribution in [2.75, 3.05) is 61.1 Å². The van der Waals surface area contributed by atoms with Crippen molar-refractivity contribution in [3.05, 3.63) is 41.7 Å². The number of halogens is 1. The molecular weight excluding hydrogens is 475 g/mol. The van der Waals surface area contributed by atoms with Gasteiger partial charge in [-0.1, -0.05) is 31.9 Å². The predicted molar refractivity (Wildman–Crippen MR) is 146 cm³/mol. The van der Waals surface area contributed by atoms with E-state index < -0.39 is 0 Å². The number of benzene rings is 1. The number of piperidine rings is 1. The van der Waals surface area contributed by atoms with E-state index in [0.717, 1.165) is 50.7 Å². The topological polar surface area (TPSA) is 65.6 Å². The summed E-state index contributed by atoms with van der Waals surface area (Å²) in [5.74, 6) is 2.82. The molecule has 1 unspecified atom stereocenters. The maximum atomic E-state index is 13.5. The zero-order valence-corrected chi connectivity index (χ0v) is 22.0. The average molecular weight is 513 g/mol. The van der Waals surface area contributed by atoms with Gasteiger partial charge in [0.15, 0.2) is 5.11 Å². The molecule has 9 heteroatoms. The number of hydrogen-bond donors (Lipinski definition) is 2. The Balaban J connectivity index is 1.31. The van der Waals surface area contributed by atoms with Gasteiger partial charge >= 0.3 is 0 Å². The number of thiocarbonyl (C=S) groups is 1. The van der Waals surface area contributed by atoms with Crippen LogP contribution in [0.2, 0.25) is 0 Å². The smallest absolute Gasteiger partial charge is 0.232 e. The van der Waals surface area contributed by atoms with Crippen LogP contribution in [-0.4, -0.2) is 61.0 Å². The van der Waals surface area contributed by atoms with Crippen LogP contribution in [0, 0.1) is 11.7 Å². The largest absolute Gasteiger partial charge is 0.378 e. The first-order chi connectivity index (χ1) is 17.5. The van der Waals surface area contributed by atoms with Gasteiger partial charge in [0.25, 0.3) is 0 Å². The maximum absolute atomic E-state index is 13.5. The Hall–Kier alpha value is -2.52. The van der Waals surface area contributed by atoms with Crippen LogP contribution in [0.5, 0.6) is 0 Å². The molecule has 194 valence electrons. The number of hydrogen-bond acceptors (Lipinski definition) is 6. The molecule has 1 saturated carbocycles. The molecule has 2 aliphatic heterocycles. The summed E-state index contributed by atoms with van der Waals surface area (Å²) in [6.07, 6.45) is 6.89. The summed E-state index contributed by atoms with van der Waals surface area (Å²) in [7, 11) is 0. The van der Waals surface area contributed by atoms with Crippen molar-refractivity contribution >= 4 is 34.9 Å². The van der Waals surface area contributed by atoms with Crippen LogP contribution in [-0.2, 0) is 10.2 Å². The van der Waals surface area contributed by atoms with Gasteiger partial charge in [0.2, 0.25) is 5.95 Å². The average Bonchev–Trinajstić information content (AvgIpc) is 3.38. The van der Waals surface area contributed by atoms with Crippen molar-refractivity contribution in [1.82, 2.24) is 15.3 Å². The molecule has 1 atom stereocenters.